The summed E-state index contributed by atoms with van der Waals surface area (Å²) < 4.78 is 25.3. The molecule has 0 aromatic heterocycles. The third-order valence-electron chi connectivity index (χ3n) is 3.11. The number of rotatable bonds is 4. The first kappa shape index (κ1) is 17.4. The first-order valence-corrected chi connectivity index (χ1v) is 9.31. The summed E-state index contributed by atoms with van der Waals surface area (Å²) >= 11 is 3.34. The number of halogens is 1. The van der Waals surface area contributed by atoms with Crippen molar-refractivity contribution in [2.24, 2.45) is 4.99 Å². The lowest BCUT2D eigenvalue weighted by atomic mass is 10.1. The number of sulfonamides is 1. The predicted molar refractivity (Wildman–Crippen MR) is 94.6 cm³/mol. The highest BCUT2D eigenvalue weighted by Gasteiger charge is 2.24. The Morgan fingerprint density at radius 1 is 1.04 bits per heavy atom. The van der Waals surface area contributed by atoms with Crippen molar-refractivity contribution in [1.29, 1.82) is 0 Å². The fraction of sp³-hybridized carbons (Fsp3) is 0.125. The minimum absolute atomic E-state index is 0.161. The molecule has 0 saturated carbocycles. The second-order valence-corrected chi connectivity index (χ2v) is 7.68. The van der Waals surface area contributed by atoms with Crippen LogP contribution in [0.1, 0.15) is 10.4 Å². The molecule has 7 heteroatoms. The molecule has 0 unspecified atom stereocenters. The van der Waals surface area contributed by atoms with Crippen LogP contribution in [0.15, 0.2) is 64.1 Å². The molecule has 0 radical (unpaired) electrons. The normalized spacial score (nSPS) is 12.0. The maximum Gasteiger partial charge on any atom is 0.233 e. The molecule has 0 fully saturated rings. The summed E-state index contributed by atoms with van der Waals surface area (Å²) in [6, 6.07) is 15.5. The molecule has 120 valence electrons. The Kier molecular flexibility index (Phi) is 5.33. The topological polar surface area (TPSA) is 66.8 Å². The number of Topliss-reactive ketones (excluding diaryl/α,β-unsaturated/α-hetero) is 1. The van der Waals surface area contributed by atoms with E-state index in [1.54, 1.807) is 48.5 Å². The number of aliphatic imine (C=N–C) groups is 1. The number of amidine groups is 1. The summed E-state index contributed by atoms with van der Waals surface area (Å²) in [6.45, 7) is 0. The number of nitrogens with zero attached hydrogens (tertiary/aromatic N) is 2. The van der Waals surface area contributed by atoms with Crippen LogP contribution in [0.5, 0.6) is 0 Å². The first-order valence-electron chi connectivity index (χ1n) is 6.67. The highest BCUT2D eigenvalue weighted by molar-refractivity contribution is 9.10. The van der Waals surface area contributed by atoms with Gasteiger partial charge in [-0.2, -0.15) is 0 Å². The van der Waals surface area contributed by atoms with Crippen molar-refractivity contribution in [3.63, 3.8) is 0 Å². The van der Waals surface area contributed by atoms with E-state index in [1.165, 1.54) is 7.05 Å². The zero-order chi connectivity index (χ0) is 17.0. The smallest absolute Gasteiger partial charge is 0.233 e. The maximum atomic E-state index is 12.7. The summed E-state index contributed by atoms with van der Waals surface area (Å²) in [4.78, 5) is 17.0. The van der Waals surface area contributed by atoms with Crippen molar-refractivity contribution in [2.75, 3.05) is 13.3 Å². The van der Waals surface area contributed by atoms with Gasteiger partial charge in [-0.1, -0.05) is 42.5 Å². The van der Waals surface area contributed by atoms with Gasteiger partial charge in [-0.15, -0.1) is 0 Å². The number of para-hydroxylation sites is 1. The number of hydrogen-bond acceptors (Lipinski definition) is 4. The molecule has 0 bridgehead atoms. The van der Waals surface area contributed by atoms with Gasteiger partial charge in [0.05, 0.1) is 11.9 Å². The van der Waals surface area contributed by atoms with Crippen LogP contribution < -0.4 is 0 Å². The van der Waals surface area contributed by atoms with E-state index < -0.39 is 15.8 Å². The van der Waals surface area contributed by atoms with Gasteiger partial charge >= 0.3 is 0 Å². The average Bonchev–Trinajstić information content (AvgIpc) is 2.53. The van der Waals surface area contributed by atoms with Gasteiger partial charge in [-0.05, 0) is 28.1 Å². The van der Waals surface area contributed by atoms with E-state index in [2.05, 4.69) is 20.9 Å². The molecule has 0 saturated heterocycles. The molecule has 0 atom stereocenters. The van der Waals surface area contributed by atoms with Crippen LogP contribution in [0, 0.1) is 0 Å². The summed E-state index contributed by atoms with van der Waals surface area (Å²) in [6.07, 6.45) is 1.03. The van der Waals surface area contributed by atoms with Gasteiger partial charge in [0.15, 0.2) is 5.84 Å². The summed E-state index contributed by atoms with van der Waals surface area (Å²) in [5, 5.41) is 0. The zero-order valence-electron chi connectivity index (χ0n) is 12.6. The lowest BCUT2D eigenvalue weighted by molar-refractivity contribution is 0.105. The highest BCUT2D eigenvalue weighted by atomic mass is 79.9. The van der Waals surface area contributed by atoms with Gasteiger partial charge in [-0.25, -0.2) is 13.4 Å². The van der Waals surface area contributed by atoms with Crippen molar-refractivity contribution in [2.45, 2.75) is 0 Å². The molecule has 2 aromatic rings. The van der Waals surface area contributed by atoms with Crippen molar-refractivity contribution in [1.82, 2.24) is 4.31 Å². The quantitative estimate of drug-likeness (QED) is 0.454. The van der Waals surface area contributed by atoms with Crippen molar-refractivity contribution >= 4 is 43.3 Å². The van der Waals surface area contributed by atoms with Crippen LogP contribution in [-0.2, 0) is 10.0 Å². The van der Waals surface area contributed by atoms with Crippen LogP contribution in [0.4, 0.5) is 5.69 Å². The predicted octanol–water partition coefficient (Wildman–Crippen LogP) is 3.25. The highest BCUT2D eigenvalue weighted by Crippen LogP contribution is 2.25. The minimum Gasteiger partial charge on any atom is -0.285 e. The molecule has 5 nitrogen and oxygen atoms in total. The number of carbonyl (C=O) groups is 1. The van der Waals surface area contributed by atoms with Crippen LogP contribution in [0.2, 0.25) is 0 Å². The number of carbonyl (C=O) groups excluding carboxylic acids is 1. The Labute approximate surface area is 143 Å². The van der Waals surface area contributed by atoms with E-state index in [9.17, 15) is 13.2 Å². The molecule has 2 aromatic carbocycles. The molecule has 0 N–H and O–H groups in total. The molecule has 0 aliphatic rings. The standard InChI is InChI=1S/C16H15BrN2O3S/c1-19(23(2,21)22)16(15(20)12-8-4-3-5-9-12)18-14-11-7-6-10-13(14)17/h3-11H,1-2H3. The molecule has 0 heterocycles. The van der Waals surface area contributed by atoms with Crippen molar-refractivity contribution in [3.8, 4) is 0 Å². The number of benzene rings is 2. The number of likely N-dealkylation sites (N-methyl/N-ethyl adjacent to an activating group) is 1. The molecule has 0 spiro atoms. The molecule has 0 aliphatic carbocycles. The largest absolute Gasteiger partial charge is 0.285 e. The average molecular weight is 395 g/mol. The second-order valence-electron chi connectivity index (χ2n) is 4.81. The molecule has 23 heavy (non-hydrogen) atoms. The van der Waals surface area contributed by atoms with Gasteiger partial charge in [-0.3, -0.25) is 9.10 Å². The lowest BCUT2D eigenvalue weighted by Gasteiger charge is -2.18. The summed E-state index contributed by atoms with van der Waals surface area (Å²) in [5.41, 5.74) is 0.844. The van der Waals surface area contributed by atoms with Crippen LogP contribution in [-0.4, -0.2) is 37.6 Å². The lowest BCUT2D eigenvalue weighted by Crippen LogP contribution is -2.37. The Bertz CT molecular complexity index is 849. The van der Waals surface area contributed by atoms with E-state index in [0.717, 1.165) is 10.6 Å². The fourth-order valence-corrected chi connectivity index (χ4v) is 2.61. The van der Waals surface area contributed by atoms with Gasteiger partial charge < -0.3 is 0 Å². The van der Waals surface area contributed by atoms with Gasteiger partial charge in [0.25, 0.3) is 0 Å². The van der Waals surface area contributed by atoms with Crippen LogP contribution >= 0.6 is 15.9 Å². The Morgan fingerprint density at radius 3 is 2.17 bits per heavy atom. The third-order valence-corrected chi connectivity index (χ3v) is 4.95. The van der Waals surface area contributed by atoms with E-state index in [1.807, 2.05) is 6.07 Å². The second kappa shape index (κ2) is 7.06. The summed E-state index contributed by atoms with van der Waals surface area (Å²) in [5.74, 6) is -0.625. The molecule has 2 rings (SSSR count). The van der Waals surface area contributed by atoms with E-state index in [-0.39, 0.29) is 5.84 Å². The number of hydrogen-bond donors (Lipinski definition) is 0. The van der Waals surface area contributed by atoms with Crippen LogP contribution in [0.25, 0.3) is 0 Å². The molecule has 0 amide bonds. The van der Waals surface area contributed by atoms with E-state index in [0.29, 0.717) is 15.7 Å². The van der Waals surface area contributed by atoms with E-state index >= 15 is 0 Å². The minimum atomic E-state index is -3.62. The van der Waals surface area contributed by atoms with Gasteiger partial charge in [0, 0.05) is 17.1 Å². The number of ketones is 1. The fourth-order valence-electron chi connectivity index (χ4n) is 1.80. The third kappa shape index (κ3) is 4.27. The Morgan fingerprint density at radius 2 is 1.61 bits per heavy atom. The summed E-state index contributed by atoms with van der Waals surface area (Å²) in [7, 11) is -2.31. The van der Waals surface area contributed by atoms with Crippen molar-refractivity contribution < 1.29 is 13.2 Å². The molecular formula is C16H15BrN2O3S. The SMILES string of the molecule is CN(C(=Nc1ccccc1Br)C(=O)c1ccccc1)S(C)(=O)=O. The maximum absolute atomic E-state index is 12.7. The first-order chi connectivity index (χ1) is 10.8. The van der Waals surface area contributed by atoms with Gasteiger partial charge in [0.2, 0.25) is 15.8 Å². The Balaban J connectivity index is 2.57. The monoisotopic (exact) mass is 394 g/mol. The zero-order valence-corrected chi connectivity index (χ0v) is 15.0. The van der Waals surface area contributed by atoms with E-state index in [4.69, 9.17) is 0 Å². The van der Waals surface area contributed by atoms with Gasteiger partial charge in [0.1, 0.15) is 0 Å². The molecule has 0 aliphatic heterocycles. The Hall–Kier alpha value is -1.99. The van der Waals surface area contributed by atoms with Crippen LogP contribution in [0.3, 0.4) is 0 Å². The van der Waals surface area contributed by atoms with Crippen molar-refractivity contribution in [3.05, 3.63) is 64.6 Å². The molecular weight excluding hydrogens is 380 g/mol.